The summed E-state index contributed by atoms with van der Waals surface area (Å²) in [6.45, 7) is 1.78. The van der Waals surface area contributed by atoms with Crippen molar-refractivity contribution in [3.63, 3.8) is 0 Å². The summed E-state index contributed by atoms with van der Waals surface area (Å²) in [7, 11) is 0. The molecule has 0 atom stereocenters. The third kappa shape index (κ3) is 1.85. The molecule has 13 heavy (non-hydrogen) atoms. The number of nitriles is 1. The normalized spacial score (nSPS) is 9.23. The molecule has 0 saturated carbocycles. The van der Waals surface area contributed by atoms with Crippen molar-refractivity contribution in [1.82, 2.24) is 0 Å². The fourth-order valence-corrected chi connectivity index (χ4v) is 1.03. The summed E-state index contributed by atoms with van der Waals surface area (Å²) < 4.78 is 0. The molecule has 0 radical (unpaired) electrons. The molecule has 1 aromatic carbocycles. The second-order valence-electron chi connectivity index (χ2n) is 2.69. The zero-order valence-electron chi connectivity index (χ0n) is 7.37. The van der Waals surface area contributed by atoms with Crippen LogP contribution in [0.4, 0.5) is 5.69 Å². The fraction of sp³-hybridized carbons (Fsp3) is 0.200. The maximum atomic E-state index is 11.2. The van der Waals surface area contributed by atoms with E-state index in [0.717, 1.165) is 0 Å². The Morgan fingerprint density at radius 1 is 1.62 bits per heavy atom. The van der Waals surface area contributed by atoms with Gasteiger partial charge in [0.15, 0.2) is 5.78 Å². The van der Waals surface area contributed by atoms with Crippen molar-refractivity contribution in [3.8, 4) is 6.07 Å². The molecule has 0 unspecified atom stereocenters. The van der Waals surface area contributed by atoms with Crippen LogP contribution in [0.2, 0.25) is 0 Å². The number of nitrogens with zero attached hydrogens (tertiary/aromatic N) is 1. The monoisotopic (exact) mass is 174 g/mol. The number of ketones is 1. The Balaban J connectivity index is 3.15. The third-order valence-electron chi connectivity index (χ3n) is 1.82. The Hall–Kier alpha value is -1.82. The molecule has 0 aliphatic heterocycles. The van der Waals surface area contributed by atoms with Gasteiger partial charge in [-0.25, -0.2) is 0 Å². The smallest absolute Gasteiger partial charge is 0.162 e. The van der Waals surface area contributed by atoms with E-state index in [1.807, 2.05) is 6.07 Å². The maximum absolute atomic E-state index is 11.2. The number of hydrogen-bond donors (Lipinski definition) is 1. The van der Waals surface area contributed by atoms with E-state index in [2.05, 4.69) is 0 Å². The molecule has 2 N–H and O–H groups in total. The molecular weight excluding hydrogens is 164 g/mol. The summed E-state index contributed by atoms with van der Waals surface area (Å²) in [4.78, 5) is 11.2. The van der Waals surface area contributed by atoms with E-state index >= 15 is 0 Å². The molecule has 0 fully saturated rings. The van der Waals surface area contributed by atoms with Gasteiger partial charge in [0.2, 0.25) is 0 Å². The van der Waals surface area contributed by atoms with Crippen LogP contribution in [0.1, 0.15) is 29.3 Å². The number of nitrogens with two attached hydrogens (primary N) is 1. The molecular formula is C10H10N2O. The van der Waals surface area contributed by atoms with Gasteiger partial charge in [0.25, 0.3) is 0 Å². The highest BCUT2D eigenvalue weighted by atomic mass is 16.1. The summed E-state index contributed by atoms with van der Waals surface area (Å²) in [6.07, 6.45) is 0.439. The molecule has 3 nitrogen and oxygen atoms in total. The zero-order valence-corrected chi connectivity index (χ0v) is 7.37. The predicted molar refractivity (Wildman–Crippen MR) is 50.2 cm³/mol. The lowest BCUT2D eigenvalue weighted by atomic mass is 10.1. The van der Waals surface area contributed by atoms with Gasteiger partial charge in [-0.3, -0.25) is 4.79 Å². The first-order valence-electron chi connectivity index (χ1n) is 4.02. The molecule has 0 aromatic heterocycles. The molecule has 1 rings (SSSR count). The predicted octanol–water partition coefficient (Wildman–Crippen LogP) is 1.73. The molecule has 0 saturated heterocycles. The largest absolute Gasteiger partial charge is 0.398 e. The van der Waals surface area contributed by atoms with Crippen LogP contribution in [0, 0.1) is 11.3 Å². The fourth-order valence-electron chi connectivity index (χ4n) is 1.03. The molecule has 0 aliphatic carbocycles. The Labute approximate surface area is 76.8 Å². The van der Waals surface area contributed by atoms with Gasteiger partial charge in [-0.05, 0) is 18.2 Å². The SMILES string of the molecule is CCC(=O)c1ccc(N)c(C#N)c1. The molecule has 0 amide bonds. The Morgan fingerprint density at radius 2 is 2.31 bits per heavy atom. The number of hydrogen-bond acceptors (Lipinski definition) is 3. The van der Waals surface area contributed by atoms with E-state index in [1.54, 1.807) is 19.1 Å². The summed E-state index contributed by atoms with van der Waals surface area (Å²) in [5, 5.41) is 8.66. The van der Waals surface area contributed by atoms with Crippen LogP contribution in [0.5, 0.6) is 0 Å². The van der Waals surface area contributed by atoms with Crippen LogP contribution in [-0.4, -0.2) is 5.78 Å². The molecule has 0 spiro atoms. The highest BCUT2D eigenvalue weighted by Crippen LogP contribution is 2.14. The lowest BCUT2D eigenvalue weighted by Gasteiger charge is -2.00. The lowest BCUT2D eigenvalue weighted by Crippen LogP contribution is -1.99. The molecule has 1 aromatic rings. The molecule has 3 heteroatoms. The van der Waals surface area contributed by atoms with Crippen LogP contribution in [0.3, 0.4) is 0 Å². The van der Waals surface area contributed by atoms with Crippen molar-refractivity contribution < 1.29 is 4.79 Å². The van der Waals surface area contributed by atoms with E-state index < -0.39 is 0 Å². The van der Waals surface area contributed by atoms with Crippen molar-refractivity contribution in [2.24, 2.45) is 0 Å². The second-order valence-corrected chi connectivity index (χ2v) is 2.69. The van der Waals surface area contributed by atoms with Gasteiger partial charge in [0.05, 0.1) is 5.56 Å². The average Bonchev–Trinajstić information content (AvgIpc) is 2.17. The van der Waals surface area contributed by atoms with Crippen molar-refractivity contribution in [1.29, 1.82) is 5.26 Å². The summed E-state index contributed by atoms with van der Waals surface area (Å²) in [5.41, 5.74) is 6.83. The van der Waals surface area contributed by atoms with Crippen LogP contribution >= 0.6 is 0 Å². The zero-order chi connectivity index (χ0) is 9.84. The highest BCUT2D eigenvalue weighted by Gasteiger charge is 2.05. The van der Waals surface area contributed by atoms with Crippen molar-refractivity contribution in [3.05, 3.63) is 29.3 Å². The number of carbonyl (C=O) groups is 1. The Morgan fingerprint density at radius 3 is 2.85 bits per heavy atom. The van der Waals surface area contributed by atoms with Crippen molar-refractivity contribution >= 4 is 11.5 Å². The number of anilines is 1. The van der Waals surface area contributed by atoms with E-state index in [1.165, 1.54) is 6.07 Å². The summed E-state index contributed by atoms with van der Waals surface area (Å²) in [6, 6.07) is 6.69. The van der Waals surface area contributed by atoms with Crippen LogP contribution < -0.4 is 5.73 Å². The summed E-state index contributed by atoms with van der Waals surface area (Å²) >= 11 is 0. The van der Waals surface area contributed by atoms with Crippen LogP contribution in [0.25, 0.3) is 0 Å². The molecule has 66 valence electrons. The van der Waals surface area contributed by atoms with Crippen LogP contribution in [-0.2, 0) is 0 Å². The van der Waals surface area contributed by atoms with E-state index in [0.29, 0.717) is 23.2 Å². The molecule has 0 aliphatic rings. The van der Waals surface area contributed by atoms with Gasteiger partial charge in [0.1, 0.15) is 6.07 Å². The number of nitrogen functional groups attached to an aromatic ring is 1. The van der Waals surface area contributed by atoms with Crippen molar-refractivity contribution in [2.45, 2.75) is 13.3 Å². The topological polar surface area (TPSA) is 66.9 Å². The van der Waals surface area contributed by atoms with E-state index in [4.69, 9.17) is 11.0 Å². The molecule has 0 bridgehead atoms. The number of rotatable bonds is 2. The van der Waals surface area contributed by atoms with Gasteiger partial charge in [-0.15, -0.1) is 0 Å². The maximum Gasteiger partial charge on any atom is 0.162 e. The van der Waals surface area contributed by atoms with Gasteiger partial charge in [0, 0.05) is 17.7 Å². The quantitative estimate of drug-likeness (QED) is 0.548. The first kappa shape index (κ1) is 9.27. The van der Waals surface area contributed by atoms with Crippen LogP contribution in [0.15, 0.2) is 18.2 Å². The van der Waals surface area contributed by atoms with Gasteiger partial charge in [-0.1, -0.05) is 6.92 Å². The first-order valence-corrected chi connectivity index (χ1v) is 4.02. The van der Waals surface area contributed by atoms with Gasteiger partial charge in [-0.2, -0.15) is 5.26 Å². The first-order chi connectivity index (χ1) is 6.19. The number of carbonyl (C=O) groups excluding carboxylic acids is 1. The second kappa shape index (κ2) is 3.72. The van der Waals surface area contributed by atoms with E-state index in [9.17, 15) is 4.79 Å². The lowest BCUT2D eigenvalue weighted by molar-refractivity contribution is 0.0988. The third-order valence-corrected chi connectivity index (χ3v) is 1.82. The number of Topliss-reactive ketones (excluding diaryl/α,β-unsaturated/α-hetero) is 1. The van der Waals surface area contributed by atoms with Gasteiger partial charge < -0.3 is 5.73 Å². The standard InChI is InChI=1S/C10H10N2O/c1-2-10(13)7-3-4-9(12)8(5-7)6-11/h3-5H,2,12H2,1H3. The Kier molecular flexibility index (Phi) is 2.65. The minimum atomic E-state index is 0.0245. The van der Waals surface area contributed by atoms with E-state index in [-0.39, 0.29) is 5.78 Å². The Bertz CT molecular complexity index is 377. The van der Waals surface area contributed by atoms with Gasteiger partial charge >= 0.3 is 0 Å². The van der Waals surface area contributed by atoms with Crippen molar-refractivity contribution in [2.75, 3.05) is 5.73 Å². The minimum absolute atomic E-state index is 0.0245. The highest BCUT2D eigenvalue weighted by molar-refractivity contribution is 5.96. The minimum Gasteiger partial charge on any atom is -0.398 e. The average molecular weight is 174 g/mol. The molecule has 0 heterocycles. The number of benzene rings is 1. The summed E-state index contributed by atoms with van der Waals surface area (Å²) in [5.74, 6) is 0.0245.